The quantitative estimate of drug-likeness (QED) is 0.624. The zero-order valence-corrected chi connectivity index (χ0v) is 7.77. The lowest BCUT2D eigenvalue weighted by Crippen LogP contribution is -2.32. The van der Waals surface area contributed by atoms with Gasteiger partial charge < -0.3 is 5.32 Å². The molecule has 2 nitrogen and oxygen atoms in total. The van der Waals surface area contributed by atoms with Crippen molar-refractivity contribution in [1.29, 1.82) is 0 Å². The molecule has 1 unspecified atom stereocenters. The van der Waals surface area contributed by atoms with Crippen LogP contribution in [0, 0.1) is 0 Å². The summed E-state index contributed by atoms with van der Waals surface area (Å²) in [7, 11) is 1.81. The summed E-state index contributed by atoms with van der Waals surface area (Å²) >= 11 is 0. The summed E-state index contributed by atoms with van der Waals surface area (Å²) < 4.78 is 0. The van der Waals surface area contributed by atoms with Crippen molar-refractivity contribution in [3.05, 3.63) is 11.6 Å². The van der Waals surface area contributed by atoms with Crippen molar-refractivity contribution in [2.75, 3.05) is 7.05 Å². The molecule has 0 radical (unpaired) electrons. The van der Waals surface area contributed by atoms with Crippen molar-refractivity contribution in [3.63, 3.8) is 0 Å². The minimum atomic E-state index is -0.00815. The van der Waals surface area contributed by atoms with Crippen LogP contribution >= 0.6 is 0 Å². The van der Waals surface area contributed by atoms with E-state index < -0.39 is 0 Å². The van der Waals surface area contributed by atoms with Crippen molar-refractivity contribution in [1.82, 2.24) is 5.32 Å². The number of hydrogen-bond donors (Lipinski definition) is 1. The number of ketones is 1. The smallest absolute Gasteiger partial charge is 0.146 e. The maximum absolute atomic E-state index is 10.9. The highest BCUT2D eigenvalue weighted by Crippen LogP contribution is 2.04. The highest BCUT2D eigenvalue weighted by atomic mass is 16.1. The van der Waals surface area contributed by atoms with Gasteiger partial charge in [0.25, 0.3) is 0 Å². The van der Waals surface area contributed by atoms with Crippen LogP contribution in [0.2, 0.25) is 0 Å². The van der Waals surface area contributed by atoms with Crippen LogP contribution in [0.5, 0.6) is 0 Å². The van der Waals surface area contributed by atoms with Gasteiger partial charge >= 0.3 is 0 Å². The largest absolute Gasteiger partial charge is 0.310 e. The number of carbonyl (C=O) groups excluding carboxylic acids is 1. The highest BCUT2D eigenvalue weighted by Gasteiger charge is 2.10. The lowest BCUT2D eigenvalue weighted by Gasteiger charge is -2.11. The molecule has 0 aromatic carbocycles. The molecule has 0 rings (SSSR count). The van der Waals surface area contributed by atoms with Gasteiger partial charge in [-0.2, -0.15) is 0 Å². The topological polar surface area (TPSA) is 29.1 Å². The standard InChI is InChI=1S/C9H17NO/c1-5-7(2)6-9(10-4)8(3)11/h5,9-10H,6H2,1-4H3/b7-5+. The average Bonchev–Trinajstić information content (AvgIpc) is 1.99. The van der Waals surface area contributed by atoms with E-state index in [1.54, 1.807) is 6.92 Å². The van der Waals surface area contributed by atoms with Crippen molar-refractivity contribution in [2.45, 2.75) is 33.2 Å². The first-order valence-corrected chi connectivity index (χ1v) is 3.91. The summed E-state index contributed by atoms with van der Waals surface area (Å²) in [5, 5.41) is 2.98. The van der Waals surface area contributed by atoms with E-state index in [1.807, 2.05) is 27.0 Å². The van der Waals surface area contributed by atoms with E-state index in [9.17, 15) is 4.79 Å². The molecule has 0 amide bonds. The Morgan fingerprint density at radius 2 is 2.09 bits per heavy atom. The molecule has 0 saturated heterocycles. The normalized spacial score (nSPS) is 14.7. The number of carbonyl (C=O) groups is 1. The molecule has 0 fully saturated rings. The van der Waals surface area contributed by atoms with E-state index in [0.29, 0.717) is 0 Å². The second kappa shape index (κ2) is 5.08. The van der Waals surface area contributed by atoms with Gasteiger partial charge in [-0.15, -0.1) is 0 Å². The third kappa shape index (κ3) is 3.94. The van der Waals surface area contributed by atoms with Gasteiger partial charge in [-0.05, 0) is 34.2 Å². The Balaban J connectivity index is 3.98. The Bertz CT molecular complexity index is 161. The fourth-order valence-electron chi connectivity index (χ4n) is 0.889. The van der Waals surface area contributed by atoms with Crippen LogP contribution in [0.15, 0.2) is 11.6 Å². The molecule has 11 heavy (non-hydrogen) atoms. The molecule has 0 bridgehead atoms. The van der Waals surface area contributed by atoms with Gasteiger partial charge in [0, 0.05) is 0 Å². The number of rotatable bonds is 4. The van der Waals surface area contributed by atoms with Crippen LogP contribution in [0.4, 0.5) is 0 Å². The molecule has 0 spiro atoms. The van der Waals surface area contributed by atoms with E-state index in [1.165, 1.54) is 5.57 Å². The van der Waals surface area contributed by atoms with E-state index in [2.05, 4.69) is 5.32 Å². The van der Waals surface area contributed by atoms with Crippen LogP contribution in [0.25, 0.3) is 0 Å². The summed E-state index contributed by atoms with van der Waals surface area (Å²) in [6.45, 7) is 5.64. The van der Waals surface area contributed by atoms with Crippen LogP contribution in [-0.2, 0) is 4.79 Å². The molecule has 0 aliphatic heterocycles. The third-order valence-corrected chi connectivity index (χ3v) is 1.86. The molecule has 1 atom stereocenters. The Hall–Kier alpha value is -0.630. The van der Waals surface area contributed by atoms with Gasteiger partial charge in [0.05, 0.1) is 6.04 Å². The summed E-state index contributed by atoms with van der Waals surface area (Å²) in [5.41, 5.74) is 1.25. The molecular weight excluding hydrogens is 138 g/mol. The first-order valence-electron chi connectivity index (χ1n) is 3.91. The maximum atomic E-state index is 10.9. The Morgan fingerprint density at radius 3 is 2.36 bits per heavy atom. The predicted octanol–water partition coefficient (Wildman–Crippen LogP) is 1.52. The number of nitrogens with one attached hydrogen (secondary N) is 1. The van der Waals surface area contributed by atoms with E-state index in [-0.39, 0.29) is 11.8 Å². The molecule has 0 heterocycles. The Kier molecular flexibility index (Phi) is 4.79. The predicted molar refractivity (Wildman–Crippen MR) is 47.6 cm³/mol. The highest BCUT2D eigenvalue weighted by molar-refractivity contribution is 5.81. The van der Waals surface area contributed by atoms with E-state index >= 15 is 0 Å². The number of hydrogen-bond acceptors (Lipinski definition) is 2. The molecule has 0 aromatic rings. The molecule has 0 aromatic heterocycles. The number of Topliss-reactive ketones (excluding diaryl/α,β-unsaturated/α-hetero) is 1. The van der Waals surface area contributed by atoms with Gasteiger partial charge in [0.15, 0.2) is 0 Å². The van der Waals surface area contributed by atoms with Crippen LogP contribution in [-0.4, -0.2) is 18.9 Å². The SMILES string of the molecule is C/C=C(\C)CC(NC)C(C)=O. The van der Waals surface area contributed by atoms with Crippen LogP contribution in [0.1, 0.15) is 27.2 Å². The number of likely N-dealkylation sites (N-methyl/N-ethyl adjacent to an activating group) is 1. The van der Waals surface area contributed by atoms with Crippen molar-refractivity contribution >= 4 is 5.78 Å². The summed E-state index contributed by atoms with van der Waals surface area (Å²) in [4.78, 5) is 10.9. The second-order valence-electron chi connectivity index (χ2n) is 2.79. The van der Waals surface area contributed by atoms with Gasteiger partial charge in [-0.1, -0.05) is 11.6 Å². The van der Waals surface area contributed by atoms with E-state index in [0.717, 1.165) is 6.42 Å². The fourth-order valence-corrected chi connectivity index (χ4v) is 0.889. The zero-order chi connectivity index (χ0) is 8.85. The summed E-state index contributed by atoms with van der Waals surface area (Å²) in [6, 6.07) is -0.00815. The average molecular weight is 155 g/mol. The van der Waals surface area contributed by atoms with E-state index in [4.69, 9.17) is 0 Å². The minimum Gasteiger partial charge on any atom is -0.310 e. The van der Waals surface area contributed by atoms with Crippen LogP contribution < -0.4 is 5.32 Å². The first-order chi connectivity index (χ1) is 5.11. The lowest BCUT2D eigenvalue weighted by molar-refractivity contribution is -0.118. The molecule has 0 saturated carbocycles. The number of allylic oxidation sites excluding steroid dienone is 1. The van der Waals surface area contributed by atoms with Gasteiger partial charge in [0.2, 0.25) is 0 Å². The molecule has 64 valence electrons. The van der Waals surface area contributed by atoms with Gasteiger partial charge in [-0.25, -0.2) is 0 Å². The molecule has 0 aliphatic rings. The molecular formula is C9H17NO. The van der Waals surface area contributed by atoms with Crippen molar-refractivity contribution in [3.8, 4) is 0 Å². The van der Waals surface area contributed by atoms with Crippen molar-refractivity contribution in [2.24, 2.45) is 0 Å². The maximum Gasteiger partial charge on any atom is 0.146 e. The molecule has 0 aliphatic carbocycles. The fraction of sp³-hybridized carbons (Fsp3) is 0.667. The second-order valence-corrected chi connectivity index (χ2v) is 2.79. The summed E-state index contributed by atoms with van der Waals surface area (Å²) in [6.07, 6.45) is 2.86. The Labute approximate surface area is 68.7 Å². The molecule has 2 heteroatoms. The van der Waals surface area contributed by atoms with Gasteiger partial charge in [0.1, 0.15) is 5.78 Å². The lowest BCUT2D eigenvalue weighted by atomic mass is 10.0. The van der Waals surface area contributed by atoms with Crippen LogP contribution in [0.3, 0.4) is 0 Å². The first kappa shape index (κ1) is 10.4. The minimum absolute atomic E-state index is 0.00815. The monoisotopic (exact) mass is 155 g/mol. The van der Waals surface area contributed by atoms with Gasteiger partial charge in [-0.3, -0.25) is 4.79 Å². The molecule has 1 N–H and O–H groups in total. The zero-order valence-electron chi connectivity index (χ0n) is 7.77. The Morgan fingerprint density at radius 1 is 1.55 bits per heavy atom. The summed E-state index contributed by atoms with van der Waals surface area (Å²) in [5.74, 6) is 0.203. The third-order valence-electron chi connectivity index (χ3n) is 1.86. The van der Waals surface area contributed by atoms with Crippen molar-refractivity contribution < 1.29 is 4.79 Å².